The summed E-state index contributed by atoms with van der Waals surface area (Å²) in [6, 6.07) is 18.4. The Kier molecular flexibility index (Phi) is 4.17. The molecule has 0 bridgehead atoms. The summed E-state index contributed by atoms with van der Waals surface area (Å²) in [7, 11) is 0. The Morgan fingerprint density at radius 2 is 1.65 bits per heavy atom. The monoisotopic (exact) mass is 227 g/mol. The first-order valence-corrected chi connectivity index (χ1v) is 5.88. The van der Waals surface area contributed by atoms with Crippen molar-refractivity contribution < 1.29 is 4.74 Å². The molecule has 2 heteroatoms. The van der Waals surface area contributed by atoms with Gasteiger partial charge < -0.3 is 10.5 Å². The molecule has 0 saturated carbocycles. The molecule has 0 aliphatic heterocycles. The molecule has 0 amide bonds. The van der Waals surface area contributed by atoms with Gasteiger partial charge in [0.25, 0.3) is 0 Å². The zero-order chi connectivity index (χ0) is 11.9. The molecule has 2 rings (SSSR count). The van der Waals surface area contributed by atoms with Gasteiger partial charge in [-0.05, 0) is 36.2 Å². The molecule has 0 aromatic heterocycles. The molecule has 0 atom stereocenters. The summed E-state index contributed by atoms with van der Waals surface area (Å²) in [6.07, 6.45) is 0.884. The minimum Gasteiger partial charge on any atom is -0.494 e. The van der Waals surface area contributed by atoms with Gasteiger partial charge in [-0.25, -0.2) is 0 Å². The van der Waals surface area contributed by atoms with Crippen molar-refractivity contribution in [3.63, 3.8) is 0 Å². The number of hydrogen-bond acceptors (Lipinski definition) is 2. The third-order valence-corrected chi connectivity index (χ3v) is 2.56. The predicted octanol–water partition coefficient (Wildman–Crippen LogP) is 3.08. The highest BCUT2D eigenvalue weighted by Gasteiger charge is 1.99. The Bertz CT molecular complexity index is 453. The molecule has 2 aromatic rings. The second-order valence-corrected chi connectivity index (χ2v) is 3.88. The number of hydrogen-bond donors (Lipinski definition) is 1. The van der Waals surface area contributed by atoms with Gasteiger partial charge in [0.15, 0.2) is 0 Å². The molecule has 2 nitrogen and oxygen atoms in total. The standard InChI is InChI=1S/C15H17NO/c16-10-5-11-17-15-9-4-8-14(12-15)13-6-2-1-3-7-13/h1-4,6-9,12H,5,10-11,16H2. The van der Waals surface area contributed by atoms with Crippen LogP contribution < -0.4 is 10.5 Å². The Labute approximate surface area is 102 Å². The number of nitrogens with two attached hydrogens (primary N) is 1. The van der Waals surface area contributed by atoms with Gasteiger partial charge in [-0.3, -0.25) is 0 Å². The van der Waals surface area contributed by atoms with Crippen molar-refractivity contribution in [2.75, 3.05) is 13.2 Å². The van der Waals surface area contributed by atoms with E-state index in [2.05, 4.69) is 24.3 Å². The SMILES string of the molecule is NCCCOc1cccc(-c2ccccc2)c1. The molecule has 88 valence electrons. The maximum absolute atomic E-state index is 5.63. The summed E-state index contributed by atoms with van der Waals surface area (Å²) < 4.78 is 5.63. The Morgan fingerprint density at radius 3 is 2.41 bits per heavy atom. The third-order valence-electron chi connectivity index (χ3n) is 2.56. The van der Waals surface area contributed by atoms with Gasteiger partial charge in [-0.2, -0.15) is 0 Å². The molecular formula is C15H17NO. The lowest BCUT2D eigenvalue weighted by Crippen LogP contribution is -2.05. The second kappa shape index (κ2) is 6.06. The molecule has 0 saturated heterocycles. The lowest BCUT2D eigenvalue weighted by Gasteiger charge is -2.07. The van der Waals surface area contributed by atoms with Crippen LogP contribution >= 0.6 is 0 Å². The van der Waals surface area contributed by atoms with Crippen LogP contribution in [0.4, 0.5) is 0 Å². The highest BCUT2D eigenvalue weighted by atomic mass is 16.5. The van der Waals surface area contributed by atoms with Crippen molar-refractivity contribution in [1.29, 1.82) is 0 Å². The molecule has 0 aliphatic carbocycles. The van der Waals surface area contributed by atoms with Crippen molar-refractivity contribution in [3.05, 3.63) is 54.6 Å². The van der Waals surface area contributed by atoms with E-state index in [1.807, 2.05) is 30.3 Å². The van der Waals surface area contributed by atoms with Crippen LogP contribution in [0.5, 0.6) is 5.75 Å². The number of rotatable bonds is 5. The van der Waals surface area contributed by atoms with Crippen molar-refractivity contribution in [2.45, 2.75) is 6.42 Å². The predicted molar refractivity (Wildman–Crippen MR) is 71.0 cm³/mol. The van der Waals surface area contributed by atoms with E-state index in [-0.39, 0.29) is 0 Å². The summed E-state index contributed by atoms with van der Waals surface area (Å²) >= 11 is 0. The van der Waals surface area contributed by atoms with Crippen molar-refractivity contribution in [3.8, 4) is 16.9 Å². The van der Waals surface area contributed by atoms with Crippen LogP contribution in [0.15, 0.2) is 54.6 Å². The number of benzene rings is 2. The fraction of sp³-hybridized carbons (Fsp3) is 0.200. The average Bonchev–Trinajstić information content (AvgIpc) is 2.41. The van der Waals surface area contributed by atoms with Crippen LogP contribution in [0.3, 0.4) is 0 Å². The molecule has 17 heavy (non-hydrogen) atoms. The largest absolute Gasteiger partial charge is 0.494 e. The van der Waals surface area contributed by atoms with Crippen LogP contribution in [0, 0.1) is 0 Å². The molecule has 0 fully saturated rings. The molecular weight excluding hydrogens is 210 g/mol. The zero-order valence-corrected chi connectivity index (χ0v) is 9.80. The van der Waals surface area contributed by atoms with E-state index in [0.717, 1.165) is 12.2 Å². The first-order chi connectivity index (χ1) is 8.40. The summed E-state index contributed by atoms with van der Waals surface area (Å²) in [4.78, 5) is 0. The topological polar surface area (TPSA) is 35.2 Å². The molecule has 0 heterocycles. The molecule has 0 spiro atoms. The van der Waals surface area contributed by atoms with Gasteiger partial charge in [0, 0.05) is 0 Å². The normalized spacial score (nSPS) is 10.2. The Morgan fingerprint density at radius 1 is 0.882 bits per heavy atom. The lowest BCUT2D eigenvalue weighted by molar-refractivity contribution is 0.313. The second-order valence-electron chi connectivity index (χ2n) is 3.88. The lowest BCUT2D eigenvalue weighted by atomic mass is 10.1. The molecule has 0 radical (unpaired) electrons. The van der Waals surface area contributed by atoms with E-state index >= 15 is 0 Å². The van der Waals surface area contributed by atoms with E-state index in [9.17, 15) is 0 Å². The van der Waals surface area contributed by atoms with E-state index < -0.39 is 0 Å². The zero-order valence-electron chi connectivity index (χ0n) is 9.80. The summed E-state index contributed by atoms with van der Waals surface area (Å²) in [5.41, 5.74) is 7.82. The first-order valence-electron chi connectivity index (χ1n) is 5.88. The van der Waals surface area contributed by atoms with E-state index in [4.69, 9.17) is 10.5 Å². The van der Waals surface area contributed by atoms with E-state index in [1.165, 1.54) is 11.1 Å². The Balaban J connectivity index is 2.12. The van der Waals surface area contributed by atoms with Crippen LogP contribution in [0.1, 0.15) is 6.42 Å². The van der Waals surface area contributed by atoms with E-state index in [1.54, 1.807) is 0 Å². The maximum Gasteiger partial charge on any atom is 0.119 e. The quantitative estimate of drug-likeness (QED) is 0.797. The maximum atomic E-state index is 5.63. The molecule has 2 aromatic carbocycles. The van der Waals surface area contributed by atoms with Gasteiger partial charge >= 0.3 is 0 Å². The summed E-state index contributed by atoms with van der Waals surface area (Å²) in [5.74, 6) is 0.903. The molecule has 2 N–H and O–H groups in total. The molecule has 0 unspecified atom stereocenters. The van der Waals surface area contributed by atoms with Crippen LogP contribution in [-0.2, 0) is 0 Å². The van der Waals surface area contributed by atoms with E-state index in [0.29, 0.717) is 13.2 Å². The number of ether oxygens (including phenoxy) is 1. The fourth-order valence-corrected chi connectivity index (χ4v) is 1.67. The summed E-state index contributed by atoms with van der Waals surface area (Å²) in [6.45, 7) is 1.34. The van der Waals surface area contributed by atoms with Crippen LogP contribution in [-0.4, -0.2) is 13.2 Å². The highest BCUT2D eigenvalue weighted by Crippen LogP contribution is 2.23. The van der Waals surface area contributed by atoms with Crippen molar-refractivity contribution >= 4 is 0 Å². The van der Waals surface area contributed by atoms with Gasteiger partial charge in [-0.15, -0.1) is 0 Å². The van der Waals surface area contributed by atoms with Crippen LogP contribution in [0.25, 0.3) is 11.1 Å². The van der Waals surface area contributed by atoms with Gasteiger partial charge in [0.1, 0.15) is 5.75 Å². The highest BCUT2D eigenvalue weighted by molar-refractivity contribution is 5.64. The Hall–Kier alpha value is -1.80. The first kappa shape index (κ1) is 11.7. The summed E-state index contributed by atoms with van der Waals surface area (Å²) in [5, 5.41) is 0. The third kappa shape index (κ3) is 3.33. The minimum atomic E-state index is 0.665. The average molecular weight is 227 g/mol. The van der Waals surface area contributed by atoms with Crippen LogP contribution in [0.2, 0.25) is 0 Å². The van der Waals surface area contributed by atoms with Gasteiger partial charge in [0.2, 0.25) is 0 Å². The fourth-order valence-electron chi connectivity index (χ4n) is 1.67. The van der Waals surface area contributed by atoms with Crippen molar-refractivity contribution in [2.24, 2.45) is 5.73 Å². The smallest absolute Gasteiger partial charge is 0.119 e. The van der Waals surface area contributed by atoms with Gasteiger partial charge in [0.05, 0.1) is 6.61 Å². The van der Waals surface area contributed by atoms with Gasteiger partial charge in [-0.1, -0.05) is 42.5 Å². The minimum absolute atomic E-state index is 0.665. The van der Waals surface area contributed by atoms with Crippen molar-refractivity contribution in [1.82, 2.24) is 0 Å². The molecule has 0 aliphatic rings.